The van der Waals surface area contributed by atoms with Gasteiger partial charge in [-0.1, -0.05) is 0 Å². The smallest absolute Gasteiger partial charge is 0.265 e. The Morgan fingerprint density at radius 3 is 1.74 bits per heavy atom. The Kier molecular flexibility index (Phi) is 3.20. The molecule has 1 unspecified atom stereocenters. The minimum atomic E-state index is -2.23. The van der Waals surface area contributed by atoms with Crippen LogP contribution in [0.2, 0.25) is 0 Å². The summed E-state index contributed by atoms with van der Waals surface area (Å²) in [5.74, 6) is -12.9. The van der Waals surface area contributed by atoms with Crippen LogP contribution < -0.4 is 5.32 Å². The van der Waals surface area contributed by atoms with Gasteiger partial charge in [0.05, 0.1) is 17.5 Å². The molecular formula is C13H6F4N2O4. The van der Waals surface area contributed by atoms with Crippen LogP contribution in [0.15, 0.2) is 0 Å². The minimum Gasteiger partial charge on any atom is -0.353 e. The Morgan fingerprint density at radius 1 is 0.826 bits per heavy atom. The molecule has 1 fully saturated rings. The van der Waals surface area contributed by atoms with E-state index < -0.39 is 76.9 Å². The van der Waals surface area contributed by atoms with Gasteiger partial charge in [0.1, 0.15) is 6.04 Å². The summed E-state index contributed by atoms with van der Waals surface area (Å²) in [7, 11) is 0. The van der Waals surface area contributed by atoms with Crippen molar-refractivity contribution in [1.29, 1.82) is 0 Å². The largest absolute Gasteiger partial charge is 0.353 e. The Hall–Kier alpha value is -2.78. The highest BCUT2D eigenvalue weighted by molar-refractivity contribution is 6.24. The Labute approximate surface area is 125 Å². The summed E-state index contributed by atoms with van der Waals surface area (Å²) >= 11 is 0. The first-order chi connectivity index (χ1) is 10.8. The van der Waals surface area contributed by atoms with Crippen LogP contribution in [-0.4, -0.2) is 41.0 Å². The fourth-order valence-electron chi connectivity index (χ4n) is 2.55. The fraction of sp³-hybridized carbons (Fsp3) is 0.231. The molecule has 3 rings (SSSR count). The zero-order valence-corrected chi connectivity index (χ0v) is 11.1. The van der Waals surface area contributed by atoms with Gasteiger partial charge >= 0.3 is 0 Å². The summed E-state index contributed by atoms with van der Waals surface area (Å²) in [4.78, 5) is 47.3. The highest BCUT2D eigenvalue weighted by atomic mass is 19.2. The lowest BCUT2D eigenvalue weighted by molar-refractivity contribution is -0.133. The van der Waals surface area contributed by atoms with Gasteiger partial charge in [0.2, 0.25) is 5.91 Å². The number of piperidine rings is 1. The van der Waals surface area contributed by atoms with Crippen LogP contribution >= 0.6 is 0 Å². The molecule has 120 valence electrons. The van der Waals surface area contributed by atoms with Crippen molar-refractivity contribution in [2.24, 2.45) is 0 Å². The number of imide groups is 1. The number of ketones is 1. The molecule has 6 nitrogen and oxygen atoms in total. The fourth-order valence-corrected chi connectivity index (χ4v) is 2.55. The zero-order valence-electron chi connectivity index (χ0n) is 11.1. The van der Waals surface area contributed by atoms with Crippen molar-refractivity contribution in [1.82, 2.24) is 10.2 Å². The molecule has 0 saturated carbocycles. The number of rotatable bonds is 1. The SMILES string of the molecule is O=C1CC(=O)C(N2C(=O)c3c(F)c(F)c(F)c(F)c3C2=O)CN1. The number of benzene rings is 1. The molecular weight excluding hydrogens is 324 g/mol. The van der Waals surface area contributed by atoms with Crippen molar-refractivity contribution in [2.75, 3.05) is 6.54 Å². The van der Waals surface area contributed by atoms with Crippen LogP contribution in [0.4, 0.5) is 17.6 Å². The number of Topliss-reactive ketones (excluding diaryl/α,β-unsaturated/α-hetero) is 1. The van der Waals surface area contributed by atoms with Crippen molar-refractivity contribution < 1.29 is 36.7 Å². The van der Waals surface area contributed by atoms with Crippen LogP contribution in [0, 0.1) is 23.3 Å². The van der Waals surface area contributed by atoms with Gasteiger partial charge in [0, 0.05) is 6.54 Å². The first-order valence-corrected chi connectivity index (χ1v) is 6.29. The van der Waals surface area contributed by atoms with Crippen molar-refractivity contribution in [2.45, 2.75) is 12.5 Å². The third-order valence-corrected chi connectivity index (χ3v) is 3.64. The number of carbonyl (C=O) groups excluding carboxylic acids is 4. The molecule has 1 aromatic rings. The molecule has 1 aromatic carbocycles. The number of hydrogen-bond acceptors (Lipinski definition) is 4. The van der Waals surface area contributed by atoms with E-state index in [4.69, 9.17) is 0 Å². The van der Waals surface area contributed by atoms with Gasteiger partial charge in [-0.05, 0) is 0 Å². The molecule has 10 heteroatoms. The van der Waals surface area contributed by atoms with Crippen molar-refractivity contribution >= 4 is 23.5 Å². The van der Waals surface area contributed by atoms with E-state index in [0.717, 1.165) is 0 Å². The highest BCUT2D eigenvalue weighted by Crippen LogP contribution is 2.33. The number of amides is 3. The molecule has 2 heterocycles. The number of halogens is 4. The van der Waals surface area contributed by atoms with Gasteiger partial charge in [0.25, 0.3) is 11.8 Å². The summed E-state index contributed by atoms with van der Waals surface area (Å²) in [6.45, 7) is -0.447. The van der Waals surface area contributed by atoms with Gasteiger partial charge in [-0.3, -0.25) is 24.1 Å². The van der Waals surface area contributed by atoms with E-state index in [1.54, 1.807) is 0 Å². The molecule has 0 aliphatic carbocycles. The lowest BCUT2D eigenvalue weighted by atomic mass is 10.0. The van der Waals surface area contributed by atoms with Crippen molar-refractivity contribution in [3.05, 3.63) is 34.4 Å². The van der Waals surface area contributed by atoms with Crippen molar-refractivity contribution in [3.8, 4) is 0 Å². The quantitative estimate of drug-likeness (QED) is 0.264. The molecule has 2 aliphatic heterocycles. The van der Waals surface area contributed by atoms with Gasteiger partial charge in [-0.15, -0.1) is 0 Å². The topological polar surface area (TPSA) is 83.6 Å². The molecule has 1 saturated heterocycles. The zero-order chi connectivity index (χ0) is 17.0. The average molecular weight is 330 g/mol. The molecule has 3 amide bonds. The van der Waals surface area contributed by atoms with Gasteiger partial charge in [-0.2, -0.15) is 0 Å². The standard InChI is InChI=1S/C13H6F4N2O4/c14-8-6-7(9(15)11(17)10(8)16)13(23)19(12(6)22)3-2-18-5(21)1-4(3)20/h3H,1-2H2,(H,18,21). The van der Waals surface area contributed by atoms with Crippen LogP contribution in [0.5, 0.6) is 0 Å². The first kappa shape index (κ1) is 15.1. The van der Waals surface area contributed by atoms with Crippen LogP contribution in [0.3, 0.4) is 0 Å². The number of nitrogens with zero attached hydrogens (tertiary/aromatic N) is 1. The molecule has 2 aliphatic rings. The number of fused-ring (bicyclic) bond motifs is 1. The summed E-state index contributed by atoms with van der Waals surface area (Å²) < 4.78 is 54.0. The lowest BCUT2D eigenvalue weighted by Crippen LogP contribution is -2.55. The van der Waals surface area contributed by atoms with Gasteiger partial charge < -0.3 is 5.32 Å². The van der Waals surface area contributed by atoms with E-state index in [2.05, 4.69) is 5.32 Å². The number of carbonyl (C=O) groups is 4. The second-order valence-corrected chi connectivity index (χ2v) is 4.95. The van der Waals surface area contributed by atoms with E-state index in [0.29, 0.717) is 0 Å². The second-order valence-electron chi connectivity index (χ2n) is 4.95. The maximum Gasteiger partial charge on any atom is 0.265 e. The highest BCUT2D eigenvalue weighted by Gasteiger charge is 2.49. The van der Waals surface area contributed by atoms with Crippen LogP contribution in [0.25, 0.3) is 0 Å². The average Bonchev–Trinajstić information content (AvgIpc) is 2.75. The second kappa shape index (κ2) is 4.86. The molecule has 0 aromatic heterocycles. The summed E-state index contributed by atoms with van der Waals surface area (Å²) in [5.41, 5.74) is -2.54. The Balaban J connectivity index is 2.12. The predicted molar refractivity (Wildman–Crippen MR) is 63.2 cm³/mol. The lowest BCUT2D eigenvalue weighted by Gasteiger charge is -2.28. The van der Waals surface area contributed by atoms with E-state index in [1.807, 2.05) is 0 Å². The third-order valence-electron chi connectivity index (χ3n) is 3.64. The maximum absolute atomic E-state index is 13.7. The van der Waals surface area contributed by atoms with Gasteiger partial charge in [0.15, 0.2) is 29.1 Å². The molecule has 23 heavy (non-hydrogen) atoms. The number of nitrogens with one attached hydrogen (secondary N) is 1. The molecule has 1 atom stereocenters. The summed E-state index contributed by atoms with van der Waals surface area (Å²) in [6.07, 6.45) is -0.633. The van der Waals surface area contributed by atoms with Crippen LogP contribution in [0.1, 0.15) is 27.1 Å². The van der Waals surface area contributed by atoms with E-state index in [9.17, 15) is 36.7 Å². The monoisotopic (exact) mass is 330 g/mol. The third kappa shape index (κ3) is 1.94. The van der Waals surface area contributed by atoms with E-state index >= 15 is 0 Å². The number of hydrogen-bond donors (Lipinski definition) is 1. The molecule has 0 radical (unpaired) electrons. The van der Waals surface area contributed by atoms with Crippen molar-refractivity contribution in [3.63, 3.8) is 0 Å². The summed E-state index contributed by atoms with van der Waals surface area (Å²) in [5, 5.41) is 2.22. The van der Waals surface area contributed by atoms with Gasteiger partial charge in [-0.25, -0.2) is 17.6 Å². The molecule has 0 bridgehead atoms. The van der Waals surface area contributed by atoms with Crippen LogP contribution in [-0.2, 0) is 9.59 Å². The Bertz CT molecular complexity index is 761. The first-order valence-electron chi connectivity index (χ1n) is 6.29. The maximum atomic E-state index is 13.7. The van der Waals surface area contributed by atoms with E-state index in [1.165, 1.54) is 0 Å². The Morgan fingerprint density at radius 2 is 1.30 bits per heavy atom. The van der Waals surface area contributed by atoms with E-state index in [-0.39, 0.29) is 4.90 Å². The predicted octanol–water partition coefficient (Wildman–Crippen LogP) is 0.297. The normalized spacial score (nSPS) is 20.9. The molecule has 0 spiro atoms. The summed E-state index contributed by atoms with van der Waals surface area (Å²) in [6, 6.07) is -1.50. The minimum absolute atomic E-state index is 0.206. The molecule has 1 N–H and O–H groups in total.